The molecule has 2 aromatic heterocycles. The summed E-state index contributed by atoms with van der Waals surface area (Å²) in [6, 6.07) is 9.06. The number of thiazole rings is 1. The van der Waals surface area contributed by atoms with Crippen molar-refractivity contribution in [2.24, 2.45) is 0 Å². The van der Waals surface area contributed by atoms with Crippen molar-refractivity contribution in [1.29, 1.82) is 0 Å². The standard InChI is InChI=1S/C18H18ClN3O3S/c19-13-3-1-5-15-16(13)20-18(26-15)22(17(23)14-4-2-10-25-14)7-6-21-8-11-24-12-9-21/h1-5,10H,6-9,11-12H2/p+1. The van der Waals surface area contributed by atoms with Crippen molar-refractivity contribution in [2.45, 2.75) is 0 Å². The van der Waals surface area contributed by atoms with Crippen molar-refractivity contribution in [2.75, 3.05) is 44.3 Å². The average molecular weight is 393 g/mol. The van der Waals surface area contributed by atoms with Gasteiger partial charge in [-0.1, -0.05) is 29.0 Å². The minimum atomic E-state index is -0.183. The fourth-order valence-electron chi connectivity index (χ4n) is 3.02. The van der Waals surface area contributed by atoms with Crippen LogP contribution in [0.15, 0.2) is 41.0 Å². The molecular formula is C18H19ClN3O3S+. The molecule has 0 saturated carbocycles. The number of ether oxygens (including phenoxy) is 1. The Morgan fingerprint density at radius 1 is 1.27 bits per heavy atom. The first-order valence-corrected chi connectivity index (χ1v) is 9.73. The maximum absolute atomic E-state index is 13.0. The number of hydrogen-bond donors (Lipinski definition) is 1. The molecule has 8 heteroatoms. The number of carbonyl (C=O) groups excluding carboxylic acids is 1. The molecule has 26 heavy (non-hydrogen) atoms. The number of halogens is 1. The minimum Gasteiger partial charge on any atom is -0.459 e. The van der Waals surface area contributed by atoms with E-state index in [-0.39, 0.29) is 5.91 Å². The smallest absolute Gasteiger partial charge is 0.295 e. The van der Waals surface area contributed by atoms with Crippen molar-refractivity contribution in [3.63, 3.8) is 0 Å². The number of para-hydroxylation sites is 1. The lowest BCUT2D eigenvalue weighted by Crippen LogP contribution is -3.14. The number of aromatic nitrogens is 1. The van der Waals surface area contributed by atoms with Gasteiger partial charge in [-0.15, -0.1) is 0 Å². The van der Waals surface area contributed by atoms with E-state index in [9.17, 15) is 4.79 Å². The van der Waals surface area contributed by atoms with Gasteiger partial charge in [-0.2, -0.15) is 0 Å². The van der Waals surface area contributed by atoms with Gasteiger partial charge in [0.15, 0.2) is 10.9 Å². The number of nitrogens with zero attached hydrogens (tertiary/aromatic N) is 2. The van der Waals surface area contributed by atoms with E-state index in [2.05, 4.69) is 4.98 Å². The van der Waals surface area contributed by atoms with E-state index in [1.807, 2.05) is 18.2 Å². The predicted molar refractivity (Wildman–Crippen MR) is 101 cm³/mol. The molecule has 1 aliphatic rings. The molecule has 0 spiro atoms. The van der Waals surface area contributed by atoms with Crippen LogP contribution in [0.1, 0.15) is 10.6 Å². The number of nitrogens with one attached hydrogen (secondary N) is 1. The normalized spacial score (nSPS) is 15.4. The molecule has 1 aliphatic heterocycles. The van der Waals surface area contributed by atoms with Crippen molar-refractivity contribution in [3.05, 3.63) is 47.4 Å². The van der Waals surface area contributed by atoms with Crippen molar-refractivity contribution >= 4 is 44.2 Å². The molecule has 1 aromatic carbocycles. The molecule has 0 atom stereocenters. The Morgan fingerprint density at radius 2 is 2.12 bits per heavy atom. The van der Waals surface area contributed by atoms with E-state index in [0.717, 1.165) is 43.1 Å². The summed E-state index contributed by atoms with van der Waals surface area (Å²) in [6.07, 6.45) is 1.51. The lowest BCUT2D eigenvalue weighted by molar-refractivity contribution is -0.906. The summed E-state index contributed by atoms with van der Waals surface area (Å²) < 4.78 is 11.7. The first kappa shape index (κ1) is 17.5. The number of hydrogen-bond acceptors (Lipinski definition) is 5. The molecule has 0 radical (unpaired) electrons. The van der Waals surface area contributed by atoms with E-state index < -0.39 is 0 Å². The molecule has 0 bridgehead atoms. The molecule has 1 saturated heterocycles. The van der Waals surface area contributed by atoms with Crippen molar-refractivity contribution in [3.8, 4) is 0 Å². The van der Waals surface area contributed by atoms with Gasteiger partial charge in [0.1, 0.15) is 18.6 Å². The fourth-order valence-corrected chi connectivity index (χ4v) is 4.31. The summed E-state index contributed by atoms with van der Waals surface area (Å²) in [4.78, 5) is 20.7. The highest BCUT2D eigenvalue weighted by Crippen LogP contribution is 2.33. The highest BCUT2D eigenvalue weighted by Gasteiger charge is 2.25. The number of carbonyl (C=O) groups is 1. The van der Waals surface area contributed by atoms with E-state index in [1.54, 1.807) is 17.0 Å². The van der Waals surface area contributed by atoms with Crippen LogP contribution in [-0.2, 0) is 4.74 Å². The third kappa shape index (κ3) is 3.61. The second-order valence-corrected chi connectivity index (χ2v) is 7.55. The van der Waals surface area contributed by atoms with Gasteiger partial charge in [0.25, 0.3) is 5.91 Å². The van der Waals surface area contributed by atoms with E-state index >= 15 is 0 Å². The van der Waals surface area contributed by atoms with Gasteiger partial charge >= 0.3 is 0 Å². The molecular weight excluding hydrogens is 374 g/mol. The Labute approximate surface area is 159 Å². The molecule has 0 aliphatic carbocycles. The Morgan fingerprint density at radius 3 is 2.85 bits per heavy atom. The molecule has 1 fully saturated rings. The van der Waals surface area contributed by atoms with Gasteiger partial charge < -0.3 is 14.1 Å². The van der Waals surface area contributed by atoms with Gasteiger partial charge in [0.05, 0.1) is 42.3 Å². The Kier molecular flexibility index (Phi) is 5.21. The van der Waals surface area contributed by atoms with Gasteiger partial charge in [-0.3, -0.25) is 9.69 Å². The second-order valence-electron chi connectivity index (χ2n) is 6.13. The Balaban J connectivity index is 1.62. The van der Waals surface area contributed by atoms with Gasteiger partial charge in [-0.25, -0.2) is 4.98 Å². The number of furan rings is 1. The topological polar surface area (TPSA) is 60.0 Å². The van der Waals surface area contributed by atoms with E-state index in [4.69, 9.17) is 20.8 Å². The number of anilines is 1. The Bertz CT molecular complexity index is 890. The Hall–Kier alpha value is -1.93. The van der Waals surface area contributed by atoms with Crippen LogP contribution >= 0.6 is 22.9 Å². The van der Waals surface area contributed by atoms with Crippen LogP contribution in [0.5, 0.6) is 0 Å². The summed E-state index contributed by atoms with van der Waals surface area (Å²) >= 11 is 7.72. The van der Waals surface area contributed by atoms with Crippen LogP contribution < -0.4 is 9.80 Å². The SMILES string of the molecule is O=C(c1ccco1)N(CC[NH+]1CCOCC1)c1nc2c(Cl)cccc2s1. The fraction of sp³-hybridized carbons (Fsp3) is 0.333. The van der Waals surface area contributed by atoms with Crippen molar-refractivity contribution < 1.29 is 18.8 Å². The molecule has 6 nitrogen and oxygen atoms in total. The van der Waals surface area contributed by atoms with Gasteiger partial charge in [0, 0.05) is 0 Å². The summed E-state index contributed by atoms with van der Waals surface area (Å²) in [5.74, 6) is 0.130. The molecule has 0 unspecified atom stereocenters. The van der Waals surface area contributed by atoms with E-state index in [1.165, 1.54) is 22.5 Å². The third-order valence-corrected chi connectivity index (χ3v) is 5.80. The van der Waals surface area contributed by atoms with Crippen LogP contribution in [0.3, 0.4) is 0 Å². The molecule has 3 heterocycles. The first-order valence-electron chi connectivity index (χ1n) is 8.54. The quantitative estimate of drug-likeness (QED) is 0.722. The predicted octanol–water partition coefficient (Wildman–Crippen LogP) is 2.10. The lowest BCUT2D eigenvalue weighted by atomic mass is 10.3. The monoisotopic (exact) mass is 392 g/mol. The highest BCUT2D eigenvalue weighted by molar-refractivity contribution is 7.22. The molecule has 3 aromatic rings. The number of quaternary nitrogens is 1. The number of amides is 1. The van der Waals surface area contributed by atoms with Crippen LogP contribution in [0.4, 0.5) is 5.13 Å². The number of rotatable bonds is 5. The second kappa shape index (κ2) is 7.75. The molecule has 1 N–H and O–H groups in total. The molecule has 136 valence electrons. The summed E-state index contributed by atoms with van der Waals surface area (Å²) in [5, 5.41) is 1.23. The zero-order chi connectivity index (χ0) is 17.9. The van der Waals surface area contributed by atoms with Crippen LogP contribution in [-0.4, -0.2) is 50.3 Å². The zero-order valence-electron chi connectivity index (χ0n) is 14.1. The summed E-state index contributed by atoms with van der Waals surface area (Å²) in [7, 11) is 0. The number of fused-ring (bicyclic) bond motifs is 1. The largest absolute Gasteiger partial charge is 0.459 e. The molecule has 4 rings (SSSR count). The lowest BCUT2D eigenvalue weighted by Gasteiger charge is -2.26. The van der Waals surface area contributed by atoms with Gasteiger partial charge in [-0.05, 0) is 24.3 Å². The zero-order valence-corrected chi connectivity index (χ0v) is 15.7. The third-order valence-electron chi connectivity index (χ3n) is 4.46. The maximum atomic E-state index is 13.0. The summed E-state index contributed by atoms with van der Waals surface area (Å²) in [5.41, 5.74) is 0.727. The highest BCUT2D eigenvalue weighted by atomic mass is 35.5. The first-order chi connectivity index (χ1) is 12.7. The number of morpholine rings is 1. The maximum Gasteiger partial charge on any atom is 0.295 e. The summed E-state index contributed by atoms with van der Waals surface area (Å²) in [6.45, 7) is 4.82. The van der Waals surface area contributed by atoms with Crippen LogP contribution in [0.25, 0.3) is 10.2 Å². The van der Waals surface area contributed by atoms with Crippen LogP contribution in [0, 0.1) is 0 Å². The average Bonchev–Trinajstić information content (AvgIpc) is 3.33. The van der Waals surface area contributed by atoms with Crippen LogP contribution in [0.2, 0.25) is 5.02 Å². The molecule has 1 amide bonds. The van der Waals surface area contributed by atoms with E-state index in [0.29, 0.717) is 22.5 Å². The number of benzene rings is 1. The van der Waals surface area contributed by atoms with Gasteiger partial charge in [0.2, 0.25) is 0 Å². The minimum absolute atomic E-state index is 0.183. The van der Waals surface area contributed by atoms with Crippen molar-refractivity contribution in [1.82, 2.24) is 4.98 Å².